The van der Waals surface area contributed by atoms with Crippen molar-refractivity contribution in [2.45, 2.75) is 6.92 Å². The molecule has 0 aliphatic carbocycles. The molecule has 0 unspecified atom stereocenters. The van der Waals surface area contributed by atoms with E-state index in [1.165, 1.54) is 14.2 Å². The second kappa shape index (κ2) is 4.31. The van der Waals surface area contributed by atoms with Crippen LogP contribution in [0.4, 0.5) is 0 Å². The Hall–Kier alpha value is -0.610. The van der Waals surface area contributed by atoms with Gasteiger partial charge < -0.3 is 15.2 Å². The highest BCUT2D eigenvalue weighted by molar-refractivity contribution is 5.80. The normalized spacial score (nSPS) is 11.5. The van der Waals surface area contributed by atoms with E-state index in [-0.39, 0.29) is 13.2 Å². The van der Waals surface area contributed by atoms with Crippen LogP contribution < -0.4 is 5.73 Å². The van der Waals surface area contributed by atoms with Crippen molar-refractivity contribution in [3.05, 3.63) is 0 Å². The van der Waals surface area contributed by atoms with E-state index in [1.807, 2.05) is 0 Å². The molecule has 0 saturated heterocycles. The Bertz CT molecular complexity index is 130. The first-order valence-electron chi connectivity index (χ1n) is 3.34. The standard InChI is InChI=1S/C7H15NO3/c1-7(4-10-2,5-11-3)6(8)9/h4-5H2,1-3H3,(H2,8,9). The quantitative estimate of drug-likeness (QED) is 0.606. The van der Waals surface area contributed by atoms with Crippen molar-refractivity contribution in [3.8, 4) is 0 Å². The number of rotatable bonds is 5. The third-order valence-corrected chi connectivity index (χ3v) is 1.52. The summed E-state index contributed by atoms with van der Waals surface area (Å²) in [6, 6.07) is 0. The first-order valence-corrected chi connectivity index (χ1v) is 3.34. The fourth-order valence-electron chi connectivity index (χ4n) is 0.821. The van der Waals surface area contributed by atoms with Gasteiger partial charge in [-0.25, -0.2) is 0 Å². The number of hydrogen-bond donors (Lipinski definition) is 1. The molecule has 0 saturated carbocycles. The Morgan fingerprint density at radius 3 is 1.91 bits per heavy atom. The highest BCUT2D eigenvalue weighted by atomic mass is 16.5. The molecule has 0 aromatic carbocycles. The molecule has 4 heteroatoms. The summed E-state index contributed by atoms with van der Waals surface area (Å²) in [4.78, 5) is 10.9. The summed E-state index contributed by atoms with van der Waals surface area (Å²) in [5.74, 6) is -0.402. The van der Waals surface area contributed by atoms with E-state index in [0.29, 0.717) is 0 Å². The lowest BCUT2D eigenvalue weighted by Gasteiger charge is -2.23. The number of ether oxygens (including phenoxy) is 2. The molecule has 0 radical (unpaired) electrons. The zero-order chi connectivity index (χ0) is 8.91. The molecule has 0 spiro atoms. The van der Waals surface area contributed by atoms with Crippen LogP contribution in [-0.2, 0) is 14.3 Å². The third-order valence-electron chi connectivity index (χ3n) is 1.52. The summed E-state index contributed by atoms with van der Waals surface area (Å²) in [7, 11) is 3.05. The molecule has 4 nitrogen and oxygen atoms in total. The second-order valence-electron chi connectivity index (χ2n) is 2.79. The molecule has 0 aliphatic heterocycles. The molecule has 66 valence electrons. The zero-order valence-corrected chi connectivity index (χ0v) is 7.22. The van der Waals surface area contributed by atoms with Crippen LogP contribution in [0.1, 0.15) is 6.92 Å². The average molecular weight is 161 g/mol. The summed E-state index contributed by atoms with van der Waals surface area (Å²) in [6.45, 7) is 2.29. The fraction of sp³-hybridized carbons (Fsp3) is 0.857. The SMILES string of the molecule is COCC(C)(COC)C(N)=O. The van der Waals surface area contributed by atoms with Crippen LogP contribution in [0.5, 0.6) is 0 Å². The minimum Gasteiger partial charge on any atom is -0.383 e. The molecule has 0 aromatic heterocycles. The van der Waals surface area contributed by atoms with E-state index in [9.17, 15) is 4.79 Å². The van der Waals surface area contributed by atoms with Crippen LogP contribution >= 0.6 is 0 Å². The van der Waals surface area contributed by atoms with Crippen molar-refractivity contribution < 1.29 is 14.3 Å². The smallest absolute Gasteiger partial charge is 0.228 e. The lowest BCUT2D eigenvalue weighted by molar-refractivity contribution is -0.133. The van der Waals surface area contributed by atoms with E-state index in [1.54, 1.807) is 6.92 Å². The topological polar surface area (TPSA) is 61.6 Å². The molecule has 0 atom stereocenters. The summed E-state index contributed by atoms with van der Waals surface area (Å²) in [6.07, 6.45) is 0. The van der Waals surface area contributed by atoms with E-state index in [4.69, 9.17) is 15.2 Å². The van der Waals surface area contributed by atoms with Gasteiger partial charge >= 0.3 is 0 Å². The Kier molecular flexibility index (Phi) is 4.07. The third kappa shape index (κ3) is 2.86. The van der Waals surface area contributed by atoms with Gasteiger partial charge in [0, 0.05) is 14.2 Å². The first kappa shape index (κ1) is 10.4. The van der Waals surface area contributed by atoms with Crippen LogP contribution in [0.2, 0.25) is 0 Å². The molecule has 0 aliphatic rings. The van der Waals surface area contributed by atoms with Gasteiger partial charge in [-0.2, -0.15) is 0 Å². The molecule has 0 bridgehead atoms. The number of hydrogen-bond acceptors (Lipinski definition) is 3. The largest absolute Gasteiger partial charge is 0.383 e. The number of carbonyl (C=O) groups excluding carboxylic acids is 1. The minimum absolute atomic E-state index is 0.288. The summed E-state index contributed by atoms with van der Waals surface area (Å²) in [5.41, 5.74) is 4.44. The molecule has 1 amide bonds. The number of methoxy groups -OCH3 is 2. The Morgan fingerprint density at radius 1 is 1.36 bits per heavy atom. The van der Waals surface area contributed by atoms with Crippen molar-refractivity contribution in [1.29, 1.82) is 0 Å². The lowest BCUT2D eigenvalue weighted by Crippen LogP contribution is -2.41. The van der Waals surface area contributed by atoms with Gasteiger partial charge in [-0.1, -0.05) is 0 Å². The van der Waals surface area contributed by atoms with E-state index in [0.717, 1.165) is 0 Å². The maximum atomic E-state index is 10.9. The molecule has 2 N–H and O–H groups in total. The highest BCUT2D eigenvalue weighted by Crippen LogP contribution is 2.15. The Morgan fingerprint density at radius 2 is 1.73 bits per heavy atom. The number of nitrogens with two attached hydrogens (primary N) is 1. The lowest BCUT2D eigenvalue weighted by atomic mass is 9.92. The molecule has 0 heterocycles. The van der Waals surface area contributed by atoms with Crippen molar-refractivity contribution in [2.24, 2.45) is 11.1 Å². The minimum atomic E-state index is -0.705. The number of amides is 1. The molecular formula is C7H15NO3. The molecule has 11 heavy (non-hydrogen) atoms. The maximum Gasteiger partial charge on any atom is 0.228 e. The first-order chi connectivity index (χ1) is 5.06. The van der Waals surface area contributed by atoms with Gasteiger partial charge in [-0.3, -0.25) is 4.79 Å². The monoisotopic (exact) mass is 161 g/mol. The van der Waals surface area contributed by atoms with Gasteiger partial charge in [0.15, 0.2) is 0 Å². The van der Waals surface area contributed by atoms with Crippen molar-refractivity contribution in [2.75, 3.05) is 27.4 Å². The van der Waals surface area contributed by atoms with E-state index in [2.05, 4.69) is 0 Å². The van der Waals surface area contributed by atoms with Gasteiger partial charge in [0.25, 0.3) is 0 Å². The summed E-state index contributed by atoms with van der Waals surface area (Å²) >= 11 is 0. The van der Waals surface area contributed by atoms with Crippen LogP contribution in [0.15, 0.2) is 0 Å². The van der Waals surface area contributed by atoms with Crippen molar-refractivity contribution >= 4 is 5.91 Å². The predicted molar refractivity (Wildman–Crippen MR) is 41.1 cm³/mol. The fourth-order valence-corrected chi connectivity index (χ4v) is 0.821. The molecular weight excluding hydrogens is 146 g/mol. The predicted octanol–water partition coefficient (Wildman–Crippen LogP) is -0.229. The Labute approximate surface area is 66.7 Å². The van der Waals surface area contributed by atoms with Gasteiger partial charge in [0.2, 0.25) is 5.91 Å². The van der Waals surface area contributed by atoms with E-state index >= 15 is 0 Å². The van der Waals surface area contributed by atoms with Crippen LogP contribution in [-0.4, -0.2) is 33.3 Å². The van der Waals surface area contributed by atoms with Crippen LogP contribution in [0.3, 0.4) is 0 Å². The average Bonchev–Trinajstić information content (AvgIpc) is 1.88. The zero-order valence-electron chi connectivity index (χ0n) is 7.22. The van der Waals surface area contributed by atoms with Crippen molar-refractivity contribution in [3.63, 3.8) is 0 Å². The van der Waals surface area contributed by atoms with Gasteiger partial charge in [0.05, 0.1) is 18.6 Å². The number of primary amides is 1. The second-order valence-corrected chi connectivity index (χ2v) is 2.79. The number of carbonyl (C=O) groups is 1. The van der Waals surface area contributed by atoms with Gasteiger partial charge in [-0.15, -0.1) is 0 Å². The van der Waals surface area contributed by atoms with Crippen LogP contribution in [0.25, 0.3) is 0 Å². The highest BCUT2D eigenvalue weighted by Gasteiger charge is 2.30. The summed E-state index contributed by atoms with van der Waals surface area (Å²) < 4.78 is 9.68. The molecule has 0 rings (SSSR count). The Balaban J connectivity index is 4.13. The molecule has 0 aromatic rings. The maximum absolute atomic E-state index is 10.9. The van der Waals surface area contributed by atoms with Gasteiger partial charge in [-0.05, 0) is 6.92 Å². The van der Waals surface area contributed by atoms with E-state index < -0.39 is 11.3 Å². The molecule has 0 fully saturated rings. The summed E-state index contributed by atoms with van der Waals surface area (Å²) in [5, 5.41) is 0. The van der Waals surface area contributed by atoms with Crippen molar-refractivity contribution in [1.82, 2.24) is 0 Å². The van der Waals surface area contributed by atoms with Crippen LogP contribution in [0, 0.1) is 5.41 Å². The van der Waals surface area contributed by atoms with Gasteiger partial charge in [0.1, 0.15) is 0 Å².